The first kappa shape index (κ1) is 12.6. The van der Waals surface area contributed by atoms with Crippen molar-refractivity contribution in [2.45, 2.75) is 59.0 Å². The Morgan fingerprint density at radius 3 is 2.38 bits per heavy atom. The van der Waals surface area contributed by atoms with Crippen LogP contribution in [0.25, 0.3) is 0 Å². The molecule has 0 amide bonds. The minimum Gasteiger partial charge on any atom is -0.385 e. The van der Waals surface area contributed by atoms with Gasteiger partial charge < -0.3 is 5.11 Å². The van der Waals surface area contributed by atoms with Crippen LogP contribution in [0.1, 0.15) is 52.9 Å². The molecule has 0 aliphatic carbocycles. The number of rotatable bonds is 7. The van der Waals surface area contributed by atoms with E-state index in [-0.39, 0.29) is 5.78 Å². The molecule has 1 N–H and O–H groups in total. The Kier molecular flexibility index (Phi) is 6.87. The van der Waals surface area contributed by atoms with Crippen molar-refractivity contribution in [1.29, 1.82) is 0 Å². The molecular weight excluding hydrogens is 164 g/mol. The van der Waals surface area contributed by atoms with E-state index in [1.165, 1.54) is 26.2 Å². The molecule has 0 aliphatic rings. The number of hydrogen-bond acceptors (Lipinski definition) is 2. The molecule has 78 valence electrons. The van der Waals surface area contributed by atoms with E-state index in [9.17, 15) is 9.90 Å². The molecular formula is C11H22O2. The first-order chi connectivity index (χ1) is 6.07. The molecule has 0 rings (SSSR count). The summed E-state index contributed by atoms with van der Waals surface area (Å²) in [7, 11) is 0. The minimum absolute atomic E-state index is 0.109. The molecule has 0 aliphatic heterocycles. The standard InChI is InChI=1S/C11H22O2/c1-4-5-6-9(2)7-8-11(13)10(3)12/h9,11,13H,4-8H2,1-3H3. The molecule has 13 heavy (non-hydrogen) atoms. The summed E-state index contributed by atoms with van der Waals surface area (Å²) in [6.07, 6.45) is 4.53. The first-order valence-electron chi connectivity index (χ1n) is 5.26. The summed E-state index contributed by atoms with van der Waals surface area (Å²) in [5.41, 5.74) is 0. The molecule has 2 unspecified atom stereocenters. The number of hydrogen-bond donors (Lipinski definition) is 1. The summed E-state index contributed by atoms with van der Waals surface area (Å²) in [5.74, 6) is 0.525. The van der Waals surface area contributed by atoms with Gasteiger partial charge in [0, 0.05) is 0 Å². The summed E-state index contributed by atoms with van der Waals surface area (Å²) in [4.78, 5) is 10.7. The van der Waals surface area contributed by atoms with Crippen molar-refractivity contribution in [3.63, 3.8) is 0 Å². The van der Waals surface area contributed by atoms with Gasteiger partial charge in [-0.3, -0.25) is 4.79 Å². The second kappa shape index (κ2) is 7.07. The van der Waals surface area contributed by atoms with Crippen LogP contribution in [0.15, 0.2) is 0 Å². The average Bonchev–Trinajstić information content (AvgIpc) is 2.10. The Morgan fingerprint density at radius 1 is 1.31 bits per heavy atom. The Labute approximate surface area is 81.3 Å². The van der Waals surface area contributed by atoms with Crippen LogP contribution in [0.3, 0.4) is 0 Å². The van der Waals surface area contributed by atoms with Crippen LogP contribution >= 0.6 is 0 Å². The van der Waals surface area contributed by atoms with E-state index in [0.29, 0.717) is 12.3 Å². The minimum atomic E-state index is -0.732. The second-order valence-corrected chi connectivity index (χ2v) is 3.95. The van der Waals surface area contributed by atoms with Gasteiger partial charge in [0.1, 0.15) is 6.10 Å². The van der Waals surface area contributed by atoms with Crippen molar-refractivity contribution in [3.05, 3.63) is 0 Å². The summed E-state index contributed by atoms with van der Waals surface area (Å²) in [5, 5.41) is 9.25. The predicted molar refractivity (Wildman–Crippen MR) is 54.6 cm³/mol. The molecule has 0 saturated heterocycles. The fraction of sp³-hybridized carbons (Fsp3) is 0.909. The van der Waals surface area contributed by atoms with Crippen molar-refractivity contribution in [1.82, 2.24) is 0 Å². The van der Waals surface area contributed by atoms with Gasteiger partial charge in [-0.2, -0.15) is 0 Å². The van der Waals surface area contributed by atoms with Crippen LogP contribution in [0.4, 0.5) is 0 Å². The highest BCUT2D eigenvalue weighted by Crippen LogP contribution is 2.15. The number of carbonyl (C=O) groups excluding carboxylic acids is 1. The fourth-order valence-electron chi connectivity index (χ4n) is 1.34. The van der Waals surface area contributed by atoms with Gasteiger partial charge in [0.2, 0.25) is 0 Å². The van der Waals surface area contributed by atoms with Crippen LogP contribution in [-0.2, 0) is 4.79 Å². The van der Waals surface area contributed by atoms with Crippen LogP contribution in [0.5, 0.6) is 0 Å². The maximum Gasteiger partial charge on any atom is 0.158 e. The van der Waals surface area contributed by atoms with E-state index >= 15 is 0 Å². The molecule has 0 aromatic carbocycles. The number of ketones is 1. The number of aliphatic hydroxyl groups is 1. The SMILES string of the molecule is CCCCC(C)CCC(O)C(C)=O. The third-order valence-corrected chi connectivity index (χ3v) is 2.45. The Morgan fingerprint density at radius 2 is 1.92 bits per heavy atom. The van der Waals surface area contributed by atoms with Crippen molar-refractivity contribution in [2.75, 3.05) is 0 Å². The second-order valence-electron chi connectivity index (χ2n) is 3.95. The topological polar surface area (TPSA) is 37.3 Å². The zero-order chi connectivity index (χ0) is 10.3. The zero-order valence-corrected chi connectivity index (χ0v) is 9.05. The molecule has 0 heterocycles. The van der Waals surface area contributed by atoms with E-state index in [4.69, 9.17) is 0 Å². The lowest BCUT2D eigenvalue weighted by Gasteiger charge is -2.12. The Bertz CT molecular complexity index is 143. The van der Waals surface area contributed by atoms with Crippen molar-refractivity contribution >= 4 is 5.78 Å². The highest BCUT2D eigenvalue weighted by Gasteiger charge is 2.11. The molecule has 0 saturated carbocycles. The highest BCUT2D eigenvalue weighted by molar-refractivity contribution is 5.79. The number of Topliss-reactive ketones (excluding diaryl/α,β-unsaturated/α-hetero) is 1. The van der Waals surface area contributed by atoms with Gasteiger partial charge in [-0.05, 0) is 25.7 Å². The molecule has 0 aromatic rings. The monoisotopic (exact) mass is 186 g/mol. The molecule has 0 spiro atoms. The maximum atomic E-state index is 10.7. The van der Waals surface area contributed by atoms with Crippen molar-refractivity contribution in [2.24, 2.45) is 5.92 Å². The lowest BCUT2D eigenvalue weighted by Crippen LogP contribution is -2.17. The van der Waals surface area contributed by atoms with Gasteiger partial charge in [-0.25, -0.2) is 0 Å². The van der Waals surface area contributed by atoms with Crippen LogP contribution in [0.2, 0.25) is 0 Å². The number of aliphatic hydroxyl groups excluding tert-OH is 1. The van der Waals surface area contributed by atoms with E-state index in [0.717, 1.165) is 6.42 Å². The number of carbonyl (C=O) groups is 1. The third-order valence-electron chi connectivity index (χ3n) is 2.45. The summed E-state index contributed by atoms with van der Waals surface area (Å²) in [6.45, 7) is 5.81. The van der Waals surface area contributed by atoms with E-state index < -0.39 is 6.10 Å². The maximum absolute atomic E-state index is 10.7. The largest absolute Gasteiger partial charge is 0.385 e. The molecule has 0 fully saturated rings. The van der Waals surface area contributed by atoms with Crippen LogP contribution in [0, 0.1) is 5.92 Å². The Hall–Kier alpha value is -0.370. The fourth-order valence-corrected chi connectivity index (χ4v) is 1.34. The van der Waals surface area contributed by atoms with Gasteiger partial charge in [-0.1, -0.05) is 33.1 Å². The average molecular weight is 186 g/mol. The number of unbranched alkanes of at least 4 members (excludes halogenated alkanes) is 1. The summed E-state index contributed by atoms with van der Waals surface area (Å²) in [6, 6.07) is 0. The van der Waals surface area contributed by atoms with Crippen LogP contribution in [-0.4, -0.2) is 17.0 Å². The highest BCUT2D eigenvalue weighted by atomic mass is 16.3. The van der Waals surface area contributed by atoms with Crippen molar-refractivity contribution < 1.29 is 9.90 Å². The first-order valence-corrected chi connectivity index (χ1v) is 5.26. The quantitative estimate of drug-likeness (QED) is 0.663. The Balaban J connectivity index is 3.45. The van der Waals surface area contributed by atoms with Gasteiger partial charge in [-0.15, -0.1) is 0 Å². The normalized spacial score (nSPS) is 15.4. The lowest BCUT2D eigenvalue weighted by molar-refractivity contribution is -0.125. The van der Waals surface area contributed by atoms with Gasteiger partial charge in [0.15, 0.2) is 5.78 Å². The molecule has 2 atom stereocenters. The van der Waals surface area contributed by atoms with E-state index in [1.54, 1.807) is 0 Å². The lowest BCUT2D eigenvalue weighted by atomic mass is 9.96. The predicted octanol–water partition coefficient (Wildman–Crippen LogP) is 2.54. The molecule has 2 nitrogen and oxygen atoms in total. The smallest absolute Gasteiger partial charge is 0.158 e. The molecule has 2 heteroatoms. The van der Waals surface area contributed by atoms with E-state index in [2.05, 4.69) is 13.8 Å². The van der Waals surface area contributed by atoms with Gasteiger partial charge in [0.05, 0.1) is 0 Å². The zero-order valence-electron chi connectivity index (χ0n) is 9.05. The molecule has 0 aromatic heterocycles. The summed E-state index contributed by atoms with van der Waals surface area (Å²) < 4.78 is 0. The van der Waals surface area contributed by atoms with Crippen molar-refractivity contribution in [3.8, 4) is 0 Å². The molecule has 0 bridgehead atoms. The molecule has 0 radical (unpaired) electrons. The van der Waals surface area contributed by atoms with Gasteiger partial charge >= 0.3 is 0 Å². The summed E-state index contributed by atoms with van der Waals surface area (Å²) >= 11 is 0. The van der Waals surface area contributed by atoms with Crippen LogP contribution < -0.4 is 0 Å². The van der Waals surface area contributed by atoms with E-state index in [1.807, 2.05) is 0 Å². The third kappa shape index (κ3) is 6.76. The van der Waals surface area contributed by atoms with Gasteiger partial charge in [0.25, 0.3) is 0 Å².